The molecule has 1 atom stereocenters. The van der Waals surface area contributed by atoms with Gasteiger partial charge in [-0.3, -0.25) is 14.7 Å². The summed E-state index contributed by atoms with van der Waals surface area (Å²) >= 11 is 0. The molecule has 3 aromatic rings. The lowest BCUT2D eigenvalue weighted by molar-refractivity contribution is -0.125. The van der Waals surface area contributed by atoms with E-state index in [9.17, 15) is 9.18 Å². The van der Waals surface area contributed by atoms with Gasteiger partial charge in [-0.1, -0.05) is 23.4 Å². The van der Waals surface area contributed by atoms with Gasteiger partial charge in [-0.2, -0.15) is 4.98 Å². The number of hydrogen-bond acceptors (Lipinski definition) is 6. The summed E-state index contributed by atoms with van der Waals surface area (Å²) in [7, 11) is 3.46. The average molecular weight is 369 g/mol. The lowest BCUT2D eigenvalue weighted by Gasteiger charge is -2.24. The van der Waals surface area contributed by atoms with Crippen LogP contribution in [-0.4, -0.2) is 46.6 Å². The van der Waals surface area contributed by atoms with Crippen LogP contribution in [0.25, 0.3) is 11.4 Å². The molecule has 0 fully saturated rings. The van der Waals surface area contributed by atoms with Crippen LogP contribution < -0.4 is 5.32 Å². The second-order valence-corrected chi connectivity index (χ2v) is 6.18. The molecule has 1 N–H and O–H groups in total. The van der Waals surface area contributed by atoms with Crippen LogP contribution in [0.5, 0.6) is 0 Å². The second-order valence-electron chi connectivity index (χ2n) is 6.18. The highest BCUT2D eigenvalue weighted by Crippen LogP contribution is 2.21. The summed E-state index contributed by atoms with van der Waals surface area (Å²) in [6, 6.07) is 9.16. The number of halogens is 1. The van der Waals surface area contributed by atoms with Gasteiger partial charge in [0.25, 0.3) is 0 Å². The lowest BCUT2D eigenvalue weighted by atomic mass is 10.0. The Kier molecular flexibility index (Phi) is 5.87. The first kappa shape index (κ1) is 18.7. The van der Waals surface area contributed by atoms with E-state index in [-0.39, 0.29) is 5.91 Å². The fourth-order valence-electron chi connectivity index (χ4n) is 2.71. The molecule has 0 saturated carbocycles. The Morgan fingerprint density at radius 1 is 1.26 bits per heavy atom. The van der Waals surface area contributed by atoms with E-state index in [2.05, 4.69) is 20.4 Å². The summed E-state index contributed by atoms with van der Waals surface area (Å²) in [4.78, 5) is 22.5. The standard InChI is InChI=1S/C19H20FN5O2/c1-25(2)17(14-7-3-4-8-15(14)20)19(26)22-11-9-16-23-18(24-27-16)13-6-5-10-21-12-13/h3-8,10,12,17H,9,11H2,1-2H3,(H,22,26)/t17-/m1/s1. The summed E-state index contributed by atoms with van der Waals surface area (Å²) < 4.78 is 19.3. The molecule has 1 amide bonds. The first-order valence-electron chi connectivity index (χ1n) is 8.48. The van der Waals surface area contributed by atoms with Crippen LogP contribution >= 0.6 is 0 Å². The molecule has 1 aromatic carbocycles. The van der Waals surface area contributed by atoms with Gasteiger partial charge in [0, 0.05) is 36.5 Å². The fraction of sp³-hybridized carbons (Fsp3) is 0.263. The Balaban J connectivity index is 1.60. The van der Waals surface area contributed by atoms with Crippen LogP contribution in [0.1, 0.15) is 17.5 Å². The molecular formula is C19H20FN5O2. The van der Waals surface area contributed by atoms with Gasteiger partial charge in [-0.05, 0) is 32.3 Å². The monoisotopic (exact) mass is 369 g/mol. The molecule has 0 aliphatic heterocycles. The summed E-state index contributed by atoms with van der Waals surface area (Å²) in [5.74, 6) is 0.143. The number of nitrogens with one attached hydrogen (secondary N) is 1. The number of amides is 1. The smallest absolute Gasteiger partial charge is 0.242 e. The van der Waals surface area contributed by atoms with Crippen LogP contribution in [-0.2, 0) is 11.2 Å². The number of nitrogens with zero attached hydrogens (tertiary/aromatic N) is 4. The molecule has 0 bridgehead atoms. The molecule has 27 heavy (non-hydrogen) atoms. The van der Waals surface area contributed by atoms with Crippen LogP contribution in [0.3, 0.4) is 0 Å². The zero-order chi connectivity index (χ0) is 19.2. The van der Waals surface area contributed by atoms with Gasteiger partial charge >= 0.3 is 0 Å². The predicted octanol–water partition coefficient (Wildman–Crippen LogP) is 2.23. The number of likely N-dealkylation sites (N-methyl/N-ethyl adjacent to an activating group) is 1. The molecule has 0 saturated heterocycles. The molecule has 140 valence electrons. The highest BCUT2D eigenvalue weighted by Gasteiger charge is 2.25. The van der Waals surface area contributed by atoms with Crippen molar-refractivity contribution in [2.45, 2.75) is 12.5 Å². The molecule has 2 aromatic heterocycles. The topological polar surface area (TPSA) is 84.2 Å². The third-order valence-corrected chi connectivity index (χ3v) is 3.99. The van der Waals surface area contributed by atoms with Crippen LogP contribution in [0, 0.1) is 5.82 Å². The highest BCUT2D eigenvalue weighted by molar-refractivity contribution is 5.83. The van der Waals surface area contributed by atoms with Gasteiger partial charge in [0.15, 0.2) is 0 Å². The van der Waals surface area contributed by atoms with Gasteiger partial charge in [0.2, 0.25) is 17.6 Å². The summed E-state index contributed by atoms with van der Waals surface area (Å²) in [6.07, 6.45) is 3.68. The van der Waals surface area contributed by atoms with E-state index in [1.54, 1.807) is 55.7 Å². The molecule has 3 rings (SSSR count). The Morgan fingerprint density at radius 3 is 2.78 bits per heavy atom. The molecule has 0 aliphatic rings. The van der Waals surface area contributed by atoms with Crippen molar-refractivity contribution in [3.63, 3.8) is 0 Å². The number of carbonyl (C=O) groups is 1. The van der Waals surface area contributed by atoms with E-state index in [0.717, 1.165) is 5.56 Å². The van der Waals surface area contributed by atoms with E-state index >= 15 is 0 Å². The minimum Gasteiger partial charge on any atom is -0.354 e. The van der Waals surface area contributed by atoms with Gasteiger partial charge in [0.05, 0.1) is 0 Å². The summed E-state index contributed by atoms with van der Waals surface area (Å²) in [5.41, 5.74) is 1.08. The second kappa shape index (κ2) is 8.50. The Bertz CT molecular complexity index is 898. The Hall–Kier alpha value is -3.13. The normalized spacial score (nSPS) is 12.1. The predicted molar refractivity (Wildman–Crippen MR) is 97.1 cm³/mol. The summed E-state index contributed by atoms with van der Waals surface area (Å²) in [6.45, 7) is 0.298. The van der Waals surface area contributed by atoms with E-state index in [4.69, 9.17) is 4.52 Å². The zero-order valence-electron chi connectivity index (χ0n) is 15.1. The van der Waals surface area contributed by atoms with E-state index in [1.807, 2.05) is 6.07 Å². The third-order valence-electron chi connectivity index (χ3n) is 3.99. The van der Waals surface area contributed by atoms with Crippen molar-refractivity contribution >= 4 is 5.91 Å². The maximum atomic E-state index is 14.1. The maximum Gasteiger partial charge on any atom is 0.242 e. The van der Waals surface area contributed by atoms with Crippen LogP contribution in [0.2, 0.25) is 0 Å². The Labute approximate surface area is 156 Å². The van der Waals surface area contributed by atoms with Gasteiger partial charge in [-0.25, -0.2) is 4.39 Å². The van der Waals surface area contributed by atoms with Crippen molar-refractivity contribution in [3.8, 4) is 11.4 Å². The minimum atomic E-state index is -0.722. The molecule has 0 spiro atoms. The third kappa shape index (κ3) is 4.53. The Morgan fingerprint density at radius 2 is 2.07 bits per heavy atom. The van der Waals surface area contributed by atoms with Crippen molar-refractivity contribution in [2.75, 3.05) is 20.6 Å². The number of benzene rings is 1. The van der Waals surface area contributed by atoms with Crippen molar-refractivity contribution < 1.29 is 13.7 Å². The van der Waals surface area contributed by atoms with Crippen LogP contribution in [0.15, 0.2) is 53.3 Å². The molecule has 8 heteroatoms. The zero-order valence-corrected chi connectivity index (χ0v) is 15.1. The van der Waals surface area contributed by atoms with Crippen LogP contribution in [0.4, 0.5) is 4.39 Å². The minimum absolute atomic E-state index is 0.294. The van der Waals surface area contributed by atoms with Gasteiger partial charge < -0.3 is 9.84 Å². The fourth-order valence-corrected chi connectivity index (χ4v) is 2.71. The molecule has 0 unspecified atom stereocenters. The lowest BCUT2D eigenvalue weighted by Crippen LogP contribution is -2.38. The number of carbonyl (C=O) groups excluding carboxylic acids is 1. The largest absolute Gasteiger partial charge is 0.354 e. The number of hydrogen-bond donors (Lipinski definition) is 1. The number of pyridine rings is 1. The van der Waals surface area contributed by atoms with E-state index in [0.29, 0.717) is 30.2 Å². The first-order valence-corrected chi connectivity index (χ1v) is 8.48. The number of rotatable bonds is 7. The molecule has 0 aliphatic carbocycles. The van der Waals surface area contributed by atoms with Gasteiger partial charge in [0.1, 0.15) is 11.9 Å². The molecule has 0 radical (unpaired) electrons. The van der Waals surface area contributed by atoms with Gasteiger partial charge in [-0.15, -0.1) is 0 Å². The van der Waals surface area contributed by atoms with Crippen molar-refractivity contribution in [2.24, 2.45) is 0 Å². The maximum absolute atomic E-state index is 14.1. The average Bonchev–Trinajstić information content (AvgIpc) is 3.13. The SMILES string of the molecule is CN(C)[C@@H](C(=O)NCCc1nc(-c2cccnc2)no1)c1ccccc1F. The molecule has 7 nitrogen and oxygen atoms in total. The highest BCUT2D eigenvalue weighted by atomic mass is 19.1. The summed E-state index contributed by atoms with van der Waals surface area (Å²) in [5, 5.41) is 6.71. The van der Waals surface area contributed by atoms with E-state index < -0.39 is 11.9 Å². The van der Waals surface area contributed by atoms with Crippen molar-refractivity contribution in [1.82, 2.24) is 25.3 Å². The van der Waals surface area contributed by atoms with E-state index in [1.165, 1.54) is 6.07 Å². The quantitative estimate of drug-likeness (QED) is 0.688. The van der Waals surface area contributed by atoms with Crippen molar-refractivity contribution in [3.05, 3.63) is 66.1 Å². The first-order chi connectivity index (χ1) is 13.1. The van der Waals surface area contributed by atoms with Crippen molar-refractivity contribution in [1.29, 1.82) is 0 Å². The number of aromatic nitrogens is 3. The molecule has 2 heterocycles. The molecular weight excluding hydrogens is 349 g/mol.